The molecule has 3 heterocycles. The van der Waals surface area contributed by atoms with Gasteiger partial charge in [-0.25, -0.2) is 15.0 Å². The molecule has 5 nitrogen and oxygen atoms in total. The summed E-state index contributed by atoms with van der Waals surface area (Å²) in [5.74, 6) is 2.30. The molecule has 0 saturated carbocycles. The molecule has 2 N–H and O–H groups in total. The number of aromatic nitrogens is 3. The third-order valence-electron chi connectivity index (χ3n) is 2.36. The van der Waals surface area contributed by atoms with Crippen LogP contribution < -0.4 is 5.73 Å². The van der Waals surface area contributed by atoms with Crippen molar-refractivity contribution < 1.29 is 4.42 Å². The van der Waals surface area contributed by atoms with Gasteiger partial charge in [0.25, 0.3) is 0 Å². The average Bonchev–Trinajstić information content (AvgIpc) is 2.98. The van der Waals surface area contributed by atoms with Crippen LogP contribution in [0, 0.1) is 6.92 Å². The van der Waals surface area contributed by atoms with Gasteiger partial charge in [-0.05, 0) is 19.1 Å². The molecule has 0 amide bonds. The van der Waals surface area contributed by atoms with Crippen LogP contribution in [0.2, 0.25) is 0 Å². The van der Waals surface area contributed by atoms with Crippen molar-refractivity contribution in [2.24, 2.45) is 0 Å². The zero-order valence-corrected chi connectivity index (χ0v) is 10.4. The van der Waals surface area contributed by atoms with Crippen LogP contribution in [-0.4, -0.2) is 15.0 Å². The number of rotatable bonds is 2. The van der Waals surface area contributed by atoms with Crippen LogP contribution in [0.3, 0.4) is 0 Å². The first-order valence-corrected chi connectivity index (χ1v) is 6.21. The zero-order chi connectivity index (χ0) is 12.5. The standard InChI is InChI=1S/C12H10N4OS/c1-7-2-3-9(17-7)11-15-8(6-10(13)16-11)12-14-4-5-18-12/h2-6H,1H3,(H2,13,15,16). The Kier molecular flexibility index (Phi) is 2.56. The molecular weight excluding hydrogens is 248 g/mol. The molecule has 0 aliphatic carbocycles. The van der Waals surface area contributed by atoms with Crippen molar-refractivity contribution in [3.05, 3.63) is 35.5 Å². The minimum absolute atomic E-state index is 0.402. The lowest BCUT2D eigenvalue weighted by Crippen LogP contribution is -1.97. The minimum Gasteiger partial charge on any atom is -0.458 e. The van der Waals surface area contributed by atoms with E-state index < -0.39 is 0 Å². The highest BCUT2D eigenvalue weighted by atomic mass is 32.1. The number of nitrogens with zero attached hydrogens (tertiary/aromatic N) is 3. The van der Waals surface area contributed by atoms with Gasteiger partial charge in [-0.3, -0.25) is 0 Å². The van der Waals surface area contributed by atoms with Crippen LogP contribution in [0.5, 0.6) is 0 Å². The normalized spacial score (nSPS) is 10.7. The summed E-state index contributed by atoms with van der Waals surface area (Å²) in [6, 6.07) is 5.40. The second-order valence-electron chi connectivity index (χ2n) is 3.75. The Bertz CT molecular complexity index is 675. The highest BCUT2D eigenvalue weighted by Gasteiger charge is 2.11. The second-order valence-corrected chi connectivity index (χ2v) is 4.64. The fourth-order valence-electron chi connectivity index (χ4n) is 1.59. The maximum Gasteiger partial charge on any atom is 0.198 e. The number of nitrogen functional groups attached to an aromatic ring is 1. The van der Waals surface area contributed by atoms with Crippen LogP contribution in [0.1, 0.15) is 5.76 Å². The van der Waals surface area contributed by atoms with Crippen LogP contribution >= 0.6 is 11.3 Å². The van der Waals surface area contributed by atoms with Crippen molar-refractivity contribution in [2.45, 2.75) is 6.92 Å². The molecule has 0 radical (unpaired) electrons. The summed E-state index contributed by atoms with van der Waals surface area (Å²) in [4.78, 5) is 12.8. The van der Waals surface area contributed by atoms with Gasteiger partial charge < -0.3 is 10.2 Å². The summed E-state index contributed by atoms with van der Waals surface area (Å²) < 4.78 is 5.50. The summed E-state index contributed by atoms with van der Waals surface area (Å²) in [5.41, 5.74) is 6.50. The molecule has 0 aromatic carbocycles. The van der Waals surface area contributed by atoms with Crippen LogP contribution in [0.4, 0.5) is 5.82 Å². The Hall–Kier alpha value is -2.21. The molecule has 0 aliphatic heterocycles. The smallest absolute Gasteiger partial charge is 0.198 e. The fourth-order valence-corrected chi connectivity index (χ4v) is 2.19. The van der Waals surface area contributed by atoms with E-state index in [1.165, 1.54) is 11.3 Å². The van der Waals surface area contributed by atoms with Gasteiger partial charge >= 0.3 is 0 Å². The molecule has 6 heteroatoms. The van der Waals surface area contributed by atoms with E-state index in [4.69, 9.17) is 10.2 Å². The Morgan fingerprint density at radius 1 is 1.28 bits per heavy atom. The van der Waals surface area contributed by atoms with Crippen LogP contribution in [0.15, 0.2) is 34.2 Å². The van der Waals surface area contributed by atoms with Crippen molar-refractivity contribution in [2.75, 3.05) is 5.73 Å². The third-order valence-corrected chi connectivity index (χ3v) is 3.15. The Morgan fingerprint density at radius 2 is 2.17 bits per heavy atom. The molecule has 0 atom stereocenters. The van der Waals surface area contributed by atoms with E-state index in [1.807, 2.05) is 24.4 Å². The summed E-state index contributed by atoms with van der Waals surface area (Å²) in [5, 5.41) is 2.71. The molecule has 0 bridgehead atoms. The molecule has 90 valence electrons. The molecule has 0 saturated heterocycles. The first-order valence-electron chi connectivity index (χ1n) is 5.33. The fraction of sp³-hybridized carbons (Fsp3) is 0.0833. The van der Waals surface area contributed by atoms with Gasteiger partial charge in [0.05, 0.1) is 0 Å². The molecule has 3 aromatic rings. The van der Waals surface area contributed by atoms with Gasteiger partial charge in [-0.2, -0.15) is 0 Å². The number of thiazole rings is 1. The van der Waals surface area contributed by atoms with Crippen molar-refractivity contribution >= 4 is 17.2 Å². The number of hydrogen-bond acceptors (Lipinski definition) is 6. The summed E-state index contributed by atoms with van der Waals surface area (Å²) in [7, 11) is 0. The van der Waals surface area contributed by atoms with E-state index >= 15 is 0 Å². The van der Waals surface area contributed by atoms with Gasteiger partial charge in [-0.15, -0.1) is 11.3 Å². The second kappa shape index (κ2) is 4.23. The summed E-state index contributed by atoms with van der Waals surface area (Å²) in [6.45, 7) is 1.87. The monoisotopic (exact) mass is 258 g/mol. The minimum atomic E-state index is 0.402. The Morgan fingerprint density at radius 3 is 2.83 bits per heavy atom. The quantitative estimate of drug-likeness (QED) is 0.764. The maximum absolute atomic E-state index is 5.79. The van der Waals surface area contributed by atoms with Crippen molar-refractivity contribution in [1.82, 2.24) is 15.0 Å². The lowest BCUT2D eigenvalue weighted by Gasteiger charge is -2.01. The predicted molar refractivity (Wildman–Crippen MR) is 70.0 cm³/mol. The molecule has 3 rings (SSSR count). The first kappa shape index (κ1) is 10.9. The van der Waals surface area contributed by atoms with E-state index in [0.29, 0.717) is 23.1 Å². The van der Waals surface area contributed by atoms with E-state index in [-0.39, 0.29) is 0 Å². The van der Waals surface area contributed by atoms with E-state index in [0.717, 1.165) is 10.8 Å². The van der Waals surface area contributed by atoms with Gasteiger partial charge in [-0.1, -0.05) is 0 Å². The maximum atomic E-state index is 5.79. The van der Waals surface area contributed by atoms with Gasteiger partial charge in [0.2, 0.25) is 0 Å². The number of aryl methyl sites for hydroxylation is 1. The van der Waals surface area contributed by atoms with Gasteiger partial charge in [0, 0.05) is 17.6 Å². The van der Waals surface area contributed by atoms with E-state index in [1.54, 1.807) is 12.3 Å². The van der Waals surface area contributed by atoms with Crippen molar-refractivity contribution in [1.29, 1.82) is 0 Å². The molecular formula is C12H10N4OS. The Labute approximate surface area is 107 Å². The number of hydrogen-bond donors (Lipinski definition) is 1. The summed E-state index contributed by atoms with van der Waals surface area (Å²) in [6.07, 6.45) is 1.73. The van der Waals surface area contributed by atoms with Crippen molar-refractivity contribution in [3.63, 3.8) is 0 Å². The lowest BCUT2D eigenvalue weighted by molar-refractivity contribution is 0.544. The van der Waals surface area contributed by atoms with Crippen LogP contribution in [0.25, 0.3) is 22.3 Å². The topological polar surface area (TPSA) is 77.8 Å². The molecule has 0 spiro atoms. The lowest BCUT2D eigenvalue weighted by atomic mass is 10.3. The molecule has 18 heavy (non-hydrogen) atoms. The molecule has 3 aromatic heterocycles. The average molecular weight is 258 g/mol. The van der Waals surface area contributed by atoms with Crippen molar-refractivity contribution in [3.8, 4) is 22.3 Å². The number of anilines is 1. The van der Waals surface area contributed by atoms with E-state index in [2.05, 4.69) is 15.0 Å². The summed E-state index contributed by atoms with van der Waals surface area (Å²) >= 11 is 1.51. The highest BCUT2D eigenvalue weighted by Crippen LogP contribution is 2.25. The predicted octanol–water partition coefficient (Wildman–Crippen LogP) is 2.75. The Balaban J connectivity index is 2.11. The van der Waals surface area contributed by atoms with E-state index in [9.17, 15) is 0 Å². The van der Waals surface area contributed by atoms with Gasteiger partial charge in [0.1, 0.15) is 22.3 Å². The number of furan rings is 1. The zero-order valence-electron chi connectivity index (χ0n) is 9.62. The third kappa shape index (κ3) is 1.98. The SMILES string of the molecule is Cc1ccc(-c2nc(N)cc(-c3nccs3)n2)o1. The molecule has 0 unspecified atom stereocenters. The molecule has 0 fully saturated rings. The van der Waals surface area contributed by atoms with Gasteiger partial charge in [0.15, 0.2) is 11.6 Å². The van der Waals surface area contributed by atoms with Crippen LogP contribution in [-0.2, 0) is 0 Å². The number of nitrogens with two attached hydrogens (primary N) is 1. The highest BCUT2D eigenvalue weighted by molar-refractivity contribution is 7.13. The largest absolute Gasteiger partial charge is 0.458 e. The first-order chi connectivity index (χ1) is 8.72. The molecule has 0 aliphatic rings.